The van der Waals surface area contributed by atoms with Crippen LogP contribution in [0.25, 0.3) is 6.08 Å². The van der Waals surface area contributed by atoms with Gasteiger partial charge in [0.2, 0.25) is 5.91 Å². The Morgan fingerprint density at radius 2 is 2.16 bits per heavy atom. The molecule has 0 aromatic carbocycles. The van der Waals surface area contributed by atoms with Gasteiger partial charge in [-0.25, -0.2) is 0 Å². The highest BCUT2D eigenvalue weighted by molar-refractivity contribution is 5.91. The molecule has 0 radical (unpaired) electrons. The van der Waals surface area contributed by atoms with Gasteiger partial charge in [0.15, 0.2) is 0 Å². The van der Waals surface area contributed by atoms with E-state index in [1.165, 1.54) is 24.7 Å². The summed E-state index contributed by atoms with van der Waals surface area (Å²) in [6, 6.07) is -0.291. The zero-order chi connectivity index (χ0) is 13.9. The molecule has 4 nitrogen and oxygen atoms in total. The van der Waals surface area contributed by atoms with Crippen molar-refractivity contribution in [3.8, 4) is 0 Å². The molecule has 0 saturated heterocycles. The van der Waals surface area contributed by atoms with E-state index < -0.39 is 18.6 Å². The molecule has 0 unspecified atom stereocenters. The predicted octanol–water partition coefficient (Wildman–Crippen LogP) is 2.04. The SMILES string of the molecule is O=C(/C=C/c1cnccn1)N(CC(F)(F)F)C1CC1. The van der Waals surface area contributed by atoms with Crippen molar-refractivity contribution in [2.24, 2.45) is 0 Å². The van der Waals surface area contributed by atoms with E-state index in [1.54, 1.807) is 0 Å². The standard InChI is InChI=1S/C12H12F3N3O/c13-12(14,15)8-18(10-2-3-10)11(19)4-1-9-7-16-5-6-17-9/h1,4-7,10H,2-3,8H2/b4-1+. The van der Waals surface area contributed by atoms with Crippen LogP contribution in [-0.2, 0) is 4.79 Å². The van der Waals surface area contributed by atoms with Crippen LogP contribution in [-0.4, -0.2) is 39.5 Å². The first kappa shape index (κ1) is 13.5. The van der Waals surface area contributed by atoms with Crippen molar-refractivity contribution in [3.05, 3.63) is 30.4 Å². The molecule has 1 saturated carbocycles. The van der Waals surface area contributed by atoms with E-state index in [4.69, 9.17) is 0 Å². The molecule has 19 heavy (non-hydrogen) atoms. The van der Waals surface area contributed by atoms with Gasteiger partial charge < -0.3 is 4.90 Å². The third-order valence-corrected chi connectivity index (χ3v) is 2.60. The number of alkyl halides is 3. The zero-order valence-electron chi connectivity index (χ0n) is 9.97. The number of carbonyl (C=O) groups excluding carboxylic acids is 1. The number of halogens is 3. The molecule has 1 amide bonds. The number of aromatic nitrogens is 2. The third-order valence-electron chi connectivity index (χ3n) is 2.60. The molecule has 0 bridgehead atoms. The van der Waals surface area contributed by atoms with Crippen LogP contribution < -0.4 is 0 Å². The summed E-state index contributed by atoms with van der Waals surface area (Å²) in [5, 5.41) is 0. The van der Waals surface area contributed by atoms with Crippen molar-refractivity contribution >= 4 is 12.0 Å². The smallest absolute Gasteiger partial charge is 0.327 e. The molecule has 1 aliphatic carbocycles. The molecule has 2 rings (SSSR count). The van der Waals surface area contributed by atoms with Crippen molar-refractivity contribution < 1.29 is 18.0 Å². The highest BCUT2D eigenvalue weighted by atomic mass is 19.4. The van der Waals surface area contributed by atoms with Crippen LogP contribution in [0.3, 0.4) is 0 Å². The van der Waals surface area contributed by atoms with Gasteiger partial charge in [0, 0.05) is 24.5 Å². The lowest BCUT2D eigenvalue weighted by Gasteiger charge is -2.22. The van der Waals surface area contributed by atoms with E-state index in [0.29, 0.717) is 18.5 Å². The highest BCUT2D eigenvalue weighted by Crippen LogP contribution is 2.30. The van der Waals surface area contributed by atoms with Crippen molar-refractivity contribution in [1.29, 1.82) is 0 Å². The third kappa shape index (κ3) is 4.35. The number of hydrogen-bond acceptors (Lipinski definition) is 3. The number of nitrogens with zero attached hydrogens (tertiary/aromatic N) is 3. The Balaban J connectivity index is 2.02. The summed E-state index contributed by atoms with van der Waals surface area (Å²) in [7, 11) is 0. The molecule has 7 heteroatoms. The number of hydrogen-bond donors (Lipinski definition) is 0. The lowest BCUT2D eigenvalue weighted by Crippen LogP contribution is -2.39. The minimum Gasteiger partial charge on any atom is -0.327 e. The normalized spacial score (nSPS) is 15.7. The van der Waals surface area contributed by atoms with Crippen molar-refractivity contribution in [3.63, 3.8) is 0 Å². The first-order valence-corrected chi connectivity index (χ1v) is 5.77. The van der Waals surface area contributed by atoms with Crippen molar-refractivity contribution in [2.75, 3.05) is 6.54 Å². The lowest BCUT2D eigenvalue weighted by molar-refractivity contribution is -0.159. The molecule has 1 aromatic heterocycles. The minimum atomic E-state index is -4.38. The quantitative estimate of drug-likeness (QED) is 0.787. The summed E-state index contributed by atoms with van der Waals surface area (Å²) in [4.78, 5) is 20.3. The van der Waals surface area contributed by atoms with Crippen molar-refractivity contribution in [2.45, 2.75) is 25.1 Å². The molecule has 1 fully saturated rings. The molecule has 0 aliphatic heterocycles. The van der Waals surface area contributed by atoms with Crippen LogP contribution in [0.1, 0.15) is 18.5 Å². The van der Waals surface area contributed by atoms with Crippen LogP contribution in [0.5, 0.6) is 0 Å². The van der Waals surface area contributed by atoms with Gasteiger partial charge in [-0.05, 0) is 18.9 Å². The fourth-order valence-electron chi connectivity index (χ4n) is 1.62. The summed E-state index contributed by atoms with van der Waals surface area (Å²) in [6.45, 7) is -1.21. The average Bonchev–Trinajstić information content (AvgIpc) is 3.17. The van der Waals surface area contributed by atoms with Crippen LogP contribution in [0.4, 0.5) is 13.2 Å². The van der Waals surface area contributed by atoms with Gasteiger partial charge in [-0.3, -0.25) is 14.8 Å². The molecule has 1 aliphatic rings. The number of amides is 1. The molecule has 0 atom stereocenters. The molecule has 1 aromatic rings. The lowest BCUT2D eigenvalue weighted by atomic mass is 10.3. The Bertz CT molecular complexity index is 469. The van der Waals surface area contributed by atoms with Gasteiger partial charge in [-0.1, -0.05) is 0 Å². The summed E-state index contributed by atoms with van der Waals surface area (Å²) in [5.74, 6) is -0.648. The Morgan fingerprint density at radius 3 is 2.68 bits per heavy atom. The van der Waals surface area contributed by atoms with Crippen LogP contribution in [0.15, 0.2) is 24.7 Å². The predicted molar refractivity (Wildman–Crippen MR) is 61.9 cm³/mol. The molecule has 102 valence electrons. The van der Waals surface area contributed by atoms with Crippen LogP contribution >= 0.6 is 0 Å². The monoisotopic (exact) mass is 271 g/mol. The summed E-state index contributed by atoms with van der Waals surface area (Å²) >= 11 is 0. The van der Waals surface area contributed by atoms with E-state index in [1.807, 2.05) is 0 Å². The summed E-state index contributed by atoms with van der Waals surface area (Å²) in [6.07, 6.45) is 3.68. The maximum Gasteiger partial charge on any atom is 0.406 e. The molecule has 1 heterocycles. The Kier molecular flexibility index (Phi) is 3.82. The van der Waals surface area contributed by atoms with E-state index >= 15 is 0 Å². The van der Waals surface area contributed by atoms with E-state index in [-0.39, 0.29) is 6.04 Å². The van der Waals surface area contributed by atoms with E-state index in [0.717, 1.165) is 11.0 Å². The fourth-order valence-corrected chi connectivity index (χ4v) is 1.62. The maximum atomic E-state index is 12.4. The number of carbonyl (C=O) groups is 1. The topological polar surface area (TPSA) is 46.1 Å². The Morgan fingerprint density at radius 1 is 1.42 bits per heavy atom. The van der Waals surface area contributed by atoms with E-state index in [2.05, 4.69) is 9.97 Å². The van der Waals surface area contributed by atoms with Gasteiger partial charge in [0.25, 0.3) is 0 Å². The first-order valence-electron chi connectivity index (χ1n) is 5.77. The zero-order valence-corrected chi connectivity index (χ0v) is 9.97. The molecule has 0 N–H and O–H groups in total. The van der Waals surface area contributed by atoms with Crippen molar-refractivity contribution in [1.82, 2.24) is 14.9 Å². The van der Waals surface area contributed by atoms with Gasteiger partial charge in [-0.15, -0.1) is 0 Å². The fraction of sp³-hybridized carbons (Fsp3) is 0.417. The molecular formula is C12H12F3N3O. The van der Waals surface area contributed by atoms with Gasteiger partial charge in [0.1, 0.15) is 6.54 Å². The average molecular weight is 271 g/mol. The van der Waals surface area contributed by atoms with Crippen LogP contribution in [0, 0.1) is 0 Å². The second-order valence-corrected chi connectivity index (χ2v) is 4.28. The Hall–Kier alpha value is -1.92. The minimum absolute atomic E-state index is 0.291. The summed E-state index contributed by atoms with van der Waals surface area (Å²) < 4.78 is 37.1. The van der Waals surface area contributed by atoms with Gasteiger partial charge in [-0.2, -0.15) is 13.2 Å². The second kappa shape index (κ2) is 5.38. The molecule has 0 spiro atoms. The highest BCUT2D eigenvalue weighted by Gasteiger charge is 2.39. The summed E-state index contributed by atoms with van der Waals surface area (Å²) in [5.41, 5.74) is 0.429. The second-order valence-electron chi connectivity index (χ2n) is 4.28. The van der Waals surface area contributed by atoms with E-state index in [9.17, 15) is 18.0 Å². The molecular weight excluding hydrogens is 259 g/mol. The van der Waals surface area contributed by atoms with Gasteiger partial charge in [0.05, 0.1) is 11.9 Å². The van der Waals surface area contributed by atoms with Gasteiger partial charge >= 0.3 is 6.18 Å². The Labute approximate surface area is 108 Å². The largest absolute Gasteiger partial charge is 0.406 e. The number of rotatable bonds is 4. The first-order chi connectivity index (χ1) is 8.96. The van der Waals surface area contributed by atoms with Crippen LogP contribution in [0.2, 0.25) is 0 Å². The maximum absolute atomic E-state index is 12.4.